The van der Waals surface area contributed by atoms with E-state index >= 15 is 0 Å². The van der Waals surface area contributed by atoms with Crippen molar-refractivity contribution in [2.75, 3.05) is 36.6 Å². The van der Waals surface area contributed by atoms with Gasteiger partial charge in [0.25, 0.3) is 5.91 Å². The zero-order valence-corrected chi connectivity index (χ0v) is 19.0. The minimum atomic E-state index is -0.155. The average molecular weight is 464 g/mol. The first kappa shape index (κ1) is 22.1. The Labute approximate surface area is 192 Å². The molecule has 2 aliphatic rings. The lowest BCUT2D eigenvalue weighted by Crippen LogP contribution is -2.32. The molecule has 1 amide bonds. The zero-order chi connectivity index (χ0) is 21.8. The highest BCUT2D eigenvalue weighted by Crippen LogP contribution is 2.33. The van der Waals surface area contributed by atoms with Crippen LogP contribution in [0.2, 0.25) is 10.0 Å². The largest absolute Gasteiger partial charge is 0.381 e. The summed E-state index contributed by atoms with van der Waals surface area (Å²) in [5.74, 6) is 0.720. The van der Waals surface area contributed by atoms with Gasteiger partial charge in [-0.15, -0.1) is 0 Å². The summed E-state index contributed by atoms with van der Waals surface area (Å²) in [7, 11) is 0. The van der Waals surface area contributed by atoms with Crippen LogP contribution >= 0.6 is 23.2 Å². The van der Waals surface area contributed by atoms with Gasteiger partial charge in [0.2, 0.25) is 0 Å². The first-order valence-electron chi connectivity index (χ1n) is 10.7. The number of nitrogens with zero attached hydrogens (tertiary/aromatic N) is 2. The van der Waals surface area contributed by atoms with Crippen LogP contribution in [-0.4, -0.2) is 43.2 Å². The van der Waals surface area contributed by atoms with E-state index in [1.54, 1.807) is 12.3 Å². The highest BCUT2D eigenvalue weighted by molar-refractivity contribution is 6.42. The van der Waals surface area contributed by atoms with E-state index < -0.39 is 0 Å². The molecule has 7 nitrogen and oxygen atoms in total. The van der Waals surface area contributed by atoms with Gasteiger partial charge in [-0.1, -0.05) is 35.3 Å². The molecule has 0 saturated carbocycles. The maximum absolute atomic E-state index is 13.1. The second-order valence-corrected chi connectivity index (χ2v) is 8.46. The molecule has 9 heteroatoms. The van der Waals surface area contributed by atoms with E-state index in [4.69, 9.17) is 27.9 Å². The monoisotopic (exact) mass is 463 g/mol. The van der Waals surface area contributed by atoms with Crippen molar-refractivity contribution in [3.63, 3.8) is 0 Å². The number of rotatable bonds is 7. The molecule has 31 heavy (non-hydrogen) atoms. The fourth-order valence-corrected chi connectivity index (χ4v) is 4.40. The van der Waals surface area contributed by atoms with Crippen molar-refractivity contribution in [2.45, 2.75) is 38.8 Å². The van der Waals surface area contributed by atoms with Crippen molar-refractivity contribution >= 4 is 40.6 Å². The summed E-state index contributed by atoms with van der Waals surface area (Å²) in [5, 5.41) is 9.68. The minimum Gasteiger partial charge on any atom is -0.381 e. The lowest BCUT2D eigenvalue weighted by molar-refractivity contribution is 0.0903. The number of carbonyl (C=O) groups excluding carboxylic acids is 1. The summed E-state index contributed by atoms with van der Waals surface area (Å²) in [4.78, 5) is 17.7. The minimum absolute atomic E-state index is 0.155. The molecule has 1 saturated heterocycles. The number of ether oxygens (including phenoxy) is 1. The van der Waals surface area contributed by atoms with Crippen molar-refractivity contribution in [1.82, 2.24) is 15.7 Å². The fourth-order valence-electron chi connectivity index (χ4n) is 3.98. The molecule has 3 heterocycles. The Bertz CT molecular complexity index is 950. The van der Waals surface area contributed by atoms with E-state index in [0.29, 0.717) is 35.1 Å². The second-order valence-electron chi connectivity index (χ2n) is 7.68. The van der Waals surface area contributed by atoms with Gasteiger partial charge in [0, 0.05) is 50.7 Å². The Hall–Kier alpha value is -2.06. The number of fused-ring (bicyclic) bond motifs is 1. The molecule has 0 aliphatic carbocycles. The summed E-state index contributed by atoms with van der Waals surface area (Å²) >= 11 is 12.4. The summed E-state index contributed by atoms with van der Waals surface area (Å²) in [6.07, 6.45) is 4.09. The SMILES string of the molecule is CCN1NCc2c1ncc(C(=O)NCCc1cccc(Cl)c1Cl)c2NC1CCOCC1. The van der Waals surface area contributed by atoms with E-state index in [-0.39, 0.29) is 11.9 Å². The smallest absolute Gasteiger partial charge is 0.254 e. The summed E-state index contributed by atoms with van der Waals surface area (Å²) < 4.78 is 5.48. The summed E-state index contributed by atoms with van der Waals surface area (Å²) in [5.41, 5.74) is 6.69. The average Bonchev–Trinajstić information content (AvgIpc) is 3.21. The highest BCUT2D eigenvalue weighted by Gasteiger charge is 2.28. The van der Waals surface area contributed by atoms with Gasteiger partial charge in [-0.3, -0.25) is 9.80 Å². The molecular weight excluding hydrogens is 437 g/mol. The van der Waals surface area contributed by atoms with Gasteiger partial charge in [0.05, 0.1) is 21.3 Å². The van der Waals surface area contributed by atoms with E-state index in [1.807, 2.05) is 17.1 Å². The Morgan fingerprint density at radius 3 is 2.90 bits per heavy atom. The molecule has 1 aromatic carbocycles. The van der Waals surface area contributed by atoms with Gasteiger partial charge in [-0.2, -0.15) is 0 Å². The number of nitrogens with one attached hydrogen (secondary N) is 3. The molecule has 0 bridgehead atoms. The number of anilines is 2. The predicted molar refractivity (Wildman–Crippen MR) is 124 cm³/mol. The van der Waals surface area contributed by atoms with Gasteiger partial charge in [-0.25, -0.2) is 10.4 Å². The molecule has 166 valence electrons. The van der Waals surface area contributed by atoms with Crippen molar-refractivity contribution in [1.29, 1.82) is 0 Å². The Morgan fingerprint density at radius 2 is 2.13 bits per heavy atom. The molecule has 2 aromatic rings. The number of hydrogen-bond acceptors (Lipinski definition) is 6. The van der Waals surface area contributed by atoms with Crippen LogP contribution in [-0.2, 0) is 17.7 Å². The zero-order valence-electron chi connectivity index (χ0n) is 17.5. The second kappa shape index (κ2) is 10.0. The molecular formula is C22H27Cl2N5O2. The number of aromatic nitrogens is 1. The Morgan fingerprint density at radius 1 is 1.32 bits per heavy atom. The highest BCUT2D eigenvalue weighted by atomic mass is 35.5. The molecule has 3 N–H and O–H groups in total. The Kier molecular flexibility index (Phi) is 7.17. The molecule has 0 radical (unpaired) electrons. The first-order valence-corrected chi connectivity index (χ1v) is 11.4. The molecule has 0 spiro atoms. The quantitative estimate of drug-likeness (QED) is 0.579. The molecule has 0 unspecified atom stereocenters. The van der Waals surface area contributed by atoms with Gasteiger partial charge in [0.15, 0.2) is 0 Å². The van der Waals surface area contributed by atoms with Gasteiger partial charge in [-0.05, 0) is 37.8 Å². The molecule has 1 fully saturated rings. The van der Waals surface area contributed by atoms with E-state index in [0.717, 1.165) is 55.2 Å². The first-order chi connectivity index (χ1) is 15.1. The third-order valence-corrected chi connectivity index (χ3v) is 6.56. The van der Waals surface area contributed by atoms with E-state index in [2.05, 4.69) is 28.0 Å². The number of benzene rings is 1. The number of hydrazine groups is 1. The lowest BCUT2D eigenvalue weighted by atomic mass is 10.0. The van der Waals surface area contributed by atoms with Crippen LogP contribution in [0.1, 0.15) is 41.3 Å². The molecule has 1 aromatic heterocycles. The molecule has 2 aliphatic heterocycles. The van der Waals surface area contributed by atoms with E-state index in [9.17, 15) is 4.79 Å². The lowest BCUT2D eigenvalue weighted by Gasteiger charge is -2.26. The van der Waals surface area contributed by atoms with Crippen molar-refractivity contribution < 1.29 is 9.53 Å². The van der Waals surface area contributed by atoms with Crippen LogP contribution in [0.25, 0.3) is 0 Å². The summed E-state index contributed by atoms with van der Waals surface area (Å²) in [6, 6.07) is 5.80. The van der Waals surface area contributed by atoms with Gasteiger partial charge in [0.1, 0.15) is 5.82 Å². The van der Waals surface area contributed by atoms with Crippen LogP contribution < -0.4 is 21.1 Å². The molecule has 4 rings (SSSR count). The van der Waals surface area contributed by atoms with Crippen LogP contribution in [0.15, 0.2) is 24.4 Å². The maximum Gasteiger partial charge on any atom is 0.254 e. The van der Waals surface area contributed by atoms with E-state index in [1.165, 1.54) is 0 Å². The number of pyridine rings is 1. The fraction of sp³-hybridized carbons (Fsp3) is 0.455. The molecule has 0 atom stereocenters. The third-order valence-electron chi connectivity index (χ3n) is 5.70. The number of halogens is 2. The van der Waals surface area contributed by atoms with Gasteiger partial charge >= 0.3 is 0 Å². The van der Waals surface area contributed by atoms with Crippen LogP contribution in [0, 0.1) is 0 Å². The topological polar surface area (TPSA) is 78.5 Å². The number of carbonyl (C=O) groups is 1. The van der Waals surface area contributed by atoms with Crippen molar-refractivity contribution in [3.8, 4) is 0 Å². The summed E-state index contributed by atoms with van der Waals surface area (Å²) in [6.45, 7) is 5.41. The van der Waals surface area contributed by atoms with Crippen molar-refractivity contribution in [2.24, 2.45) is 0 Å². The van der Waals surface area contributed by atoms with Crippen LogP contribution in [0.5, 0.6) is 0 Å². The van der Waals surface area contributed by atoms with Crippen LogP contribution in [0.3, 0.4) is 0 Å². The Balaban J connectivity index is 1.52. The third kappa shape index (κ3) is 4.90. The normalized spacial score (nSPS) is 16.3. The predicted octanol–water partition coefficient (Wildman–Crippen LogP) is 3.80. The number of hydrogen-bond donors (Lipinski definition) is 3. The maximum atomic E-state index is 13.1. The number of amides is 1. The van der Waals surface area contributed by atoms with Crippen molar-refractivity contribution in [3.05, 3.63) is 51.1 Å². The standard InChI is InChI=1S/C22H27Cl2N5O2/c1-2-29-21-16(13-27-29)20(28-15-7-10-31-11-8-15)17(12-26-21)22(30)25-9-6-14-4-3-5-18(23)19(14)24/h3-5,12,15,27H,2,6-11,13H2,1H3,(H,25,30)(H,26,28). The van der Waals surface area contributed by atoms with Gasteiger partial charge < -0.3 is 15.4 Å². The van der Waals surface area contributed by atoms with Crippen LogP contribution in [0.4, 0.5) is 11.5 Å².